The standard InChI is InChI=1S/C18H17N3O3S/c1-13-11-14(12-19)3-8-17(13)18(22)20-15-4-6-16(7-5-15)21-9-2-10-25(21,23)24/h3-8,11H,2,9-10H2,1H3,(H,20,22). The first-order valence-electron chi connectivity index (χ1n) is 7.83. The third kappa shape index (κ3) is 3.49. The third-order valence-electron chi connectivity index (χ3n) is 4.11. The molecular weight excluding hydrogens is 338 g/mol. The molecule has 1 saturated heterocycles. The van der Waals surface area contributed by atoms with E-state index in [4.69, 9.17) is 5.26 Å². The molecule has 0 atom stereocenters. The number of rotatable bonds is 3. The highest BCUT2D eigenvalue weighted by Crippen LogP contribution is 2.25. The summed E-state index contributed by atoms with van der Waals surface area (Å²) in [5.74, 6) is -0.104. The second kappa shape index (κ2) is 6.57. The van der Waals surface area contributed by atoms with Crippen LogP contribution in [0, 0.1) is 18.3 Å². The van der Waals surface area contributed by atoms with Crippen LogP contribution in [0.1, 0.15) is 27.9 Å². The lowest BCUT2D eigenvalue weighted by Crippen LogP contribution is -2.25. The number of benzene rings is 2. The van der Waals surface area contributed by atoms with Crippen LogP contribution < -0.4 is 9.62 Å². The number of aryl methyl sites for hydroxylation is 1. The van der Waals surface area contributed by atoms with Crippen molar-refractivity contribution in [3.63, 3.8) is 0 Å². The van der Waals surface area contributed by atoms with Crippen molar-refractivity contribution < 1.29 is 13.2 Å². The maximum atomic E-state index is 12.4. The topological polar surface area (TPSA) is 90.3 Å². The first kappa shape index (κ1) is 17.0. The number of carbonyl (C=O) groups is 1. The molecule has 7 heteroatoms. The van der Waals surface area contributed by atoms with E-state index >= 15 is 0 Å². The highest BCUT2D eigenvalue weighted by Gasteiger charge is 2.28. The number of anilines is 2. The predicted molar refractivity (Wildman–Crippen MR) is 96.0 cm³/mol. The average Bonchev–Trinajstić information content (AvgIpc) is 2.94. The van der Waals surface area contributed by atoms with E-state index in [1.165, 1.54) is 4.31 Å². The Kier molecular flexibility index (Phi) is 4.47. The summed E-state index contributed by atoms with van der Waals surface area (Å²) in [4.78, 5) is 12.4. The summed E-state index contributed by atoms with van der Waals surface area (Å²) in [7, 11) is -3.21. The van der Waals surface area contributed by atoms with E-state index in [-0.39, 0.29) is 11.7 Å². The molecule has 0 spiro atoms. The minimum Gasteiger partial charge on any atom is -0.322 e. The summed E-state index contributed by atoms with van der Waals surface area (Å²) < 4.78 is 25.3. The molecule has 1 heterocycles. The van der Waals surface area contributed by atoms with E-state index in [1.54, 1.807) is 49.4 Å². The van der Waals surface area contributed by atoms with Gasteiger partial charge < -0.3 is 5.32 Å². The molecule has 2 aromatic rings. The fraction of sp³-hybridized carbons (Fsp3) is 0.222. The van der Waals surface area contributed by atoms with Crippen LogP contribution in [-0.4, -0.2) is 26.6 Å². The lowest BCUT2D eigenvalue weighted by molar-refractivity contribution is 0.102. The molecule has 1 amide bonds. The molecule has 1 fully saturated rings. The van der Waals surface area contributed by atoms with Crippen LogP contribution >= 0.6 is 0 Å². The van der Waals surface area contributed by atoms with Crippen LogP contribution in [0.5, 0.6) is 0 Å². The van der Waals surface area contributed by atoms with Gasteiger partial charge in [0.15, 0.2) is 0 Å². The molecular formula is C18H17N3O3S. The SMILES string of the molecule is Cc1cc(C#N)ccc1C(=O)Nc1ccc(N2CCCS2(=O)=O)cc1. The first-order chi connectivity index (χ1) is 11.9. The Balaban J connectivity index is 1.76. The Morgan fingerprint density at radius 3 is 2.48 bits per heavy atom. The van der Waals surface area contributed by atoms with E-state index < -0.39 is 10.0 Å². The molecule has 1 aliphatic heterocycles. The zero-order chi connectivity index (χ0) is 18.0. The average molecular weight is 355 g/mol. The van der Waals surface area contributed by atoms with Crippen LogP contribution in [0.4, 0.5) is 11.4 Å². The zero-order valence-electron chi connectivity index (χ0n) is 13.7. The summed E-state index contributed by atoms with van der Waals surface area (Å²) in [6, 6.07) is 13.7. The van der Waals surface area contributed by atoms with Gasteiger partial charge in [-0.15, -0.1) is 0 Å². The number of hydrogen-bond acceptors (Lipinski definition) is 4. The van der Waals surface area contributed by atoms with Gasteiger partial charge in [0.05, 0.1) is 23.1 Å². The lowest BCUT2D eigenvalue weighted by Gasteiger charge is -2.17. The number of amides is 1. The maximum Gasteiger partial charge on any atom is 0.255 e. The summed E-state index contributed by atoms with van der Waals surface area (Å²) >= 11 is 0. The number of nitriles is 1. The Morgan fingerprint density at radius 2 is 1.92 bits per heavy atom. The van der Waals surface area contributed by atoms with Gasteiger partial charge in [0, 0.05) is 17.8 Å². The van der Waals surface area contributed by atoms with E-state index in [0.29, 0.717) is 35.5 Å². The minimum absolute atomic E-state index is 0.170. The highest BCUT2D eigenvalue weighted by molar-refractivity contribution is 7.93. The van der Waals surface area contributed by atoms with Gasteiger partial charge in [0.2, 0.25) is 10.0 Å². The van der Waals surface area contributed by atoms with E-state index in [0.717, 1.165) is 5.56 Å². The van der Waals surface area contributed by atoms with Gasteiger partial charge >= 0.3 is 0 Å². The predicted octanol–water partition coefficient (Wildman–Crippen LogP) is 2.66. The third-order valence-corrected chi connectivity index (χ3v) is 5.98. The molecule has 2 aromatic carbocycles. The maximum absolute atomic E-state index is 12.4. The highest BCUT2D eigenvalue weighted by atomic mass is 32.2. The van der Waals surface area contributed by atoms with Gasteiger partial charge in [-0.2, -0.15) is 5.26 Å². The molecule has 1 aliphatic rings. The Labute approximate surface area is 146 Å². The second-order valence-corrected chi connectivity index (χ2v) is 7.90. The Bertz CT molecular complexity index is 960. The van der Waals surface area contributed by atoms with Gasteiger partial charge in [-0.25, -0.2) is 8.42 Å². The largest absolute Gasteiger partial charge is 0.322 e. The summed E-state index contributed by atoms with van der Waals surface area (Å²) in [6.45, 7) is 2.26. The number of hydrogen-bond donors (Lipinski definition) is 1. The van der Waals surface area contributed by atoms with Crippen LogP contribution in [0.25, 0.3) is 0 Å². The fourth-order valence-corrected chi connectivity index (χ4v) is 4.39. The second-order valence-electron chi connectivity index (χ2n) is 5.88. The number of nitrogens with one attached hydrogen (secondary N) is 1. The Morgan fingerprint density at radius 1 is 1.20 bits per heavy atom. The minimum atomic E-state index is -3.21. The molecule has 0 radical (unpaired) electrons. The molecule has 25 heavy (non-hydrogen) atoms. The lowest BCUT2D eigenvalue weighted by atomic mass is 10.0. The van der Waals surface area contributed by atoms with Crippen molar-refractivity contribution in [2.75, 3.05) is 21.9 Å². The van der Waals surface area contributed by atoms with Crippen molar-refractivity contribution in [3.05, 3.63) is 59.2 Å². The van der Waals surface area contributed by atoms with Gasteiger partial charge in [0.1, 0.15) is 0 Å². The number of nitrogens with zero attached hydrogens (tertiary/aromatic N) is 2. The molecule has 0 bridgehead atoms. The number of sulfonamides is 1. The monoisotopic (exact) mass is 355 g/mol. The molecule has 0 saturated carbocycles. The first-order valence-corrected chi connectivity index (χ1v) is 9.44. The van der Waals surface area contributed by atoms with E-state index in [2.05, 4.69) is 5.32 Å². The summed E-state index contributed by atoms with van der Waals surface area (Å²) in [6.07, 6.45) is 0.624. The summed E-state index contributed by atoms with van der Waals surface area (Å²) in [5.41, 5.74) is 2.89. The number of carbonyl (C=O) groups excluding carboxylic acids is 1. The van der Waals surface area contributed by atoms with Crippen molar-refractivity contribution in [2.24, 2.45) is 0 Å². The van der Waals surface area contributed by atoms with E-state index in [1.807, 2.05) is 6.07 Å². The van der Waals surface area contributed by atoms with Crippen LogP contribution in [0.3, 0.4) is 0 Å². The van der Waals surface area contributed by atoms with Crippen LogP contribution in [-0.2, 0) is 10.0 Å². The molecule has 0 unspecified atom stereocenters. The van der Waals surface area contributed by atoms with Crippen molar-refractivity contribution in [1.29, 1.82) is 5.26 Å². The van der Waals surface area contributed by atoms with Crippen LogP contribution in [0.15, 0.2) is 42.5 Å². The van der Waals surface area contributed by atoms with Crippen LogP contribution in [0.2, 0.25) is 0 Å². The van der Waals surface area contributed by atoms with Crippen molar-refractivity contribution in [2.45, 2.75) is 13.3 Å². The van der Waals surface area contributed by atoms with Crippen molar-refractivity contribution in [1.82, 2.24) is 0 Å². The molecule has 1 N–H and O–H groups in total. The molecule has 0 aromatic heterocycles. The fourth-order valence-electron chi connectivity index (χ4n) is 2.83. The molecule has 3 rings (SSSR count). The van der Waals surface area contributed by atoms with Gasteiger partial charge in [-0.05, 0) is 61.4 Å². The normalized spacial score (nSPS) is 15.6. The molecule has 6 nitrogen and oxygen atoms in total. The quantitative estimate of drug-likeness (QED) is 0.916. The van der Waals surface area contributed by atoms with Crippen molar-refractivity contribution in [3.8, 4) is 6.07 Å². The van der Waals surface area contributed by atoms with E-state index in [9.17, 15) is 13.2 Å². The smallest absolute Gasteiger partial charge is 0.255 e. The van der Waals surface area contributed by atoms with Crippen molar-refractivity contribution >= 4 is 27.3 Å². The summed E-state index contributed by atoms with van der Waals surface area (Å²) in [5, 5.41) is 11.7. The molecule has 128 valence electrons. The van der Waals surface area contributed by atoms with Gasteiger partial charge in [-0.1, -0.05) is 0 Å². The molecule has 0 aliphatic carbocycles. The van der Waals surface area contributed by atoms with Gasteiger partial charge in [0.25, 0.3) is 5.91 Å². The zero-order valence-corrected chi connectivity index (χ0v) is 14.5. The van der Waals surface area contributed by atoms with Gasteiger partial charge in [-0.3, -0.25) is 9.10 Å². The Hall–Kier alpha value is -2.85.